The van der Waals surface area contributed by atoms with Crippen molar-refractivity contribution in [1.82, 2.24) is 5.32 Å². The van der Waals surface area contributed by atoms with Crippen LogP contribution in [-0.4, -0.2) is 31.2 Å². The Hall–Kier alpha value is -0.610. The molecule has 3 atom stereocenters. The molecule has 0 aromatic carbocycles. The molecule has 4 heteroatoms. The molecule has 0 radical (unpaired) electrons. The van der Waals surface area contributed by atoms with E-state index in [4.69, 9.17) is 10.5 Å². The fraction of sp³-hybridized carbons (Fsp3) is 0.909. The van der Waals surface area contributed by atoms with Gasteiger partial charge in [-0.1, -0.05) is 6.92 Å². The minimum atomic E-state index is 0.0796. The lowest BCUT2D eigenvalue weighted by atomic mass is 10.1. The van der Waals surface area contributed by atoms with Crippen LogP contribution < -0.4 is 11.1 Å². The van der Waals surface area contributed by atoms with Crippen LogP contribution in [0.3, 0.4) is 0 Å². The third-order valence-electron chi connectivity index (χ3n) is 2.85. The topological polar surface area (TPSA) is 64.4 Å². The normalized spacial score (nSPS) is 24.9. The molecule has 0 saturated carbocycles. The van der Waals surface area contributed by atoms with Crippen LogP contribution in [0, 0.1) is 5.92 Å². The molecule has 1 heterocycles. The first kappa shape index (κ1) is 12.5. The van der Waals surface area contributed by atoms with Gasteiger partial charge in [0, 0.05) is 13.0 Å². The second-order valence-electron chi connectivity index (χ2n) is 4.45. The lowest BCUT2D eigenvalue weighted by molar-refractivity contribution is -0.123. The zero-order valence-electron chi connectivity index (χ0n) is 9.66. The number of carbonyl (C=O) groups excluding carboxylic acids is 1. The molecule has 0 aromatic heterocycles. The van der Waals surface area contributed by atoms with Gasteiger partial charge in [-0.3, -0.25) is 4.79 Å². The maximum Gasteiger partial charge on any atom is 0.220 e. The van der Waals surface area contributed by atoms with E-state index in [0.717, 1.165) is 19.4 Å². The van der Waals surface area contributed by atoms with Crippen LogP contribution in [0.15, 0.2) is 0 Å². The summed E-state index contributed by atoms with van der Waals surface area (Å²) in [5.74, 6) is 0.331. The molecule has 1 aliphatic heterocycles. The number of carbonyl (C=O) groups is 1. The summed E-state index contributed by atoms with van der Waals surface area (Å²) in [6, 6.07) is 0.116. The zero-order chi connectivity index (χ0) is 11.3. The van der Waals surface area contributed by atoms with Crippen molar-refractivity contribution < 1.29 is 9.53 Å². The Morgan fingerprint density at radius 2 is 2.33 bits per heavy atom. The third-order valence-corrected chi connectivity index (χ3v) is 2.85. The van der Waals surface area contributed by atoms with Gasteiger partial charge in [-0.15, -0.1) is 0 Å². The molecule has 4 nitrogen and oxygen atoms in total. The molecule has 0 aliphatic carbocycles. The zero-order valence-corrected chi connectivity index (χ0v) is 9.66. The minimum absolute atomic E-state index is 0.0796. The van der Waals surface area contributed by atoms with Gasteiger partial charge in [-0.05, 0) is 32.2 Å². The van der Waals surface area contributed by atoms with Crippen LogP contribution in [-0.2, 0) is 9.53 Å². The summed E-state index contributed by atoms with van der Waals surface area (Å²) in [7, 11) is 0. The first-order valence-corrected chi connectivity index (χ1v) is 5.74. The molecule has 1 fully saturated rings. The van der Waals surface area contributed by atoms with Crippen molar-refractivity contribution in [2.45, 2.75) is 45.3 Å². The van der Waals surface area contributed by atoms with Crippen LogP contribution in [0.5, 0.6) is 0 Å². The van der Waals surface area contributed by atoms with E-state index in [-0.39, 0.29) is 24.0 Å². The van der Waals surface area contributed by atoms with E-state index in [1.807, 2.05) is 13.8 Å². The predicted molar refractivity (Wildman–Crippen MR) is 59.4 cm³/mol. The molecule has 1 saturated heterocycles. The largest absolute Gasteiger partial charge is 0.376 e. The third kappa shape index (κ3) is 4.18. The number of hydrogen-bond acceptors (Lipinski definition) is 3. The maximum atomic E-state index is 11.6. The van der Waals surface area contributed by atoms with E-state index < -0.39 is 0 Å². The standard InChI is InChI=1S/C11H22N2O2/c1-8(7-12)6-11(14)13-9(2)10-4-3-5-15-10/h8-10H,3-7,12H2,1-2H3,(H,13,14). The fourth-order valence-electron chi connectivity index (χ4n) is 1.80. The van der Waals surface area contributed by atoms with Crippen LogP contribution in [0.25, 0.3) is 0 Å². The Balaban J connectivity index is 2.24. The summed E-state index contributed by atoms with van der Waals surface area (Å²) in [6.45, 7) is 5.36. The first-order valence-electron chi connectivity index (χ1n) is 5.74. The van der Waals surface area contributed by atoms with Crippen molar-refractivity contribution in [2.75, 3.05) is 13.2 Å². The number of hydrogen-bond donors (Lipinski definition) is 2. The first-order chi connectivity index (χ1) is 7.13. The van der Waals surface area contributed by atoms with E-state index in [1.165, 1.54) is 0 Å². The lowest BCUT2D eigenvalue weighted by Crippen LogP contribution is -2.41. The molecule has 0 bridgehead atoms. The number of rotatable bonds is 5. The van der Waals surface area contributed by atoms with Gasteiger partial charge >= 0.3 is 0 Å². The summed E-state index contributed by atoms with van der Waals surface area (Å²) >= 11 is 0. The van der Waals surface area contributed by atoms with Gasteiger partial charge in [-0.2, -0.15) is 0 Å². The Morgan fingerprint density at radius 3 is 2.87 bits per heavy atom. The van der Waals surface area contributed by atoms with Crippen molar-refractivity contribution in [1.29, 1.82) is 0 Å². The molecule has 3 N–H and O–H groups in total. The van der Waals surface area contributed by atoms with E-state index in [9.17, 15) is 4.79 Å². The number of nitrogens with two attached hydrogens (primary N) is 1. The molecule has 15 heavy (non-hydrogen) atoms. The quantitative estimate of drug-likeness (QED) is 0.706. The van der Waals surface area contributed by atoms with Crippen molar-refractivity contribution in [3.63, 3.8) is 0 Å². The summed E-state index contributed by atoms with van der Waals surface area (Å²) in [4.78, 5) is 11.6. The second kappa shape index (κ2) is 6.08. The average Bonchev–Trinajstić information content (AvgIpc) is 2.70. The number of ether oxygens (including phenoxy) is 1. The van der Waals surface area contributed by atoms with Crippen LogP contribution in [0.4, 0.5) is 0 Å². The summed E-state index contributed by atoms with van der Waals surface area (Å²) in [5, 5.41) is 2.97. The van der Waals surface area contributed by atoms with E-state index >= 15 is 0 Å². The Morgan fingerprint density at radius 1 is 1.60 bits per heavy atom. The smallest absolute Gasteiger partial charge is 0.220 e. The lowest BCUT2D eigenvalue weighted by Gasteiger charge is -2.20. The predicted octanol–water partition coefficient (Wildman–Crippen LogP) is 0.655. The highest BCUT2D eigenvalue weighted by Gasteiger charge is 2.23. The second-order valence-corrected chi connectivity index (χ2v) is 4.45. The molecule has 0 aromatic rings. The molecule has 1 rings (SSSR count). The number of nitrogens with one attached hydrogen (secondary N) is 1. The van der Waals surface area contributed by atoms with Crippen LogP contribution in [0.2, 0.25) is 0 Å². The average molecular weight is 214 g/mol. The highest BCUT2D eigenvalue weighted by molar-refractivity contribution is 5.76. The van der Waals surface area contributed by atoms with Gasteiger partial charge < -0.3 is 15.8 Å². The van der Waals surface area contributed by atoms with Gasteiger partial charge in [0.25, 0.3) is 0 Å². The summed E-state index contributed by atoms with van der Waals surface area (Å²) in [5.41, 5.74) is 5.47. The van der Waals surface area contributed by atoms with Crippen LogP contribution in [0.1, 0.15) is 33.1 Å². The van der Waals surface area contributed by atoms with E-state index in [1.54, 1.807) is 0 Å². The van der Waals surface area contributed by atoms with Gasteiger partial charge in [-0.25, -0.2) is 0 Å². The molecule has 3 unspecified atom stereocenters. The Bertz CT molecular complexity index is 203. The van der Waals surface area contributed by atoms with Gasteiger partial charge in [0.15, 0.2) is 0 Å². The van der Waals surface area contributed by atoms with E-state index in [0.29, 0.717) is 13.0 Å². The van der Waals surface area contributed by atoms with Crippen LogP contribution >= 0.6 is 0 Å². The molecule has 1 aliphatic rings. The molecular formula is C11H22N2O2. The number of amides is 1. The molecule has 0 spiro atoms. The van der Waals surface area contributed by atoms with Crippen molar-refractivity contribution in [3.05, 3.63) is 0 Å². The summed E-state index contributed by atoms with van der Waals surface area (Å²) in [6.07, 6.45) is 2.85. The monoisotopic (exact) mass is 214 g/mol. The molecular weight excluding hydrogens is 192 g/mol. The molecule has 1 amide bonds. The molecule has 88 valence electrons. The SMILES string of the molecule is CC(CN)CC(=O)NC(C)C1CCCO1. The highest BCUT2D eigenvalue weighted by atomic mass is 16.5. The Labute approximate surface area is 91.5 Å². The van der Waals surface area contributed by atoms with Crippen molar-refractivity contribution in [3.8, 4) is 0 Å². The van der Waals surface area contributed by atoms with E-state index in [2.05, 4.69) is 5.32 Å². The fourth-order valence-corrected chi connectivity index (χ4v) is 1.80. The Kier molecular flexibility index (Phi) is 5.05. The van der Waals surface area contributed by atoms with Gasteiger partial charge in [0.2, 0.25) is 5.91 Å². The minimum Gasteiger partial charge on any atom is -0.376 e. The van der Waals surface area contributed by atoms with Gasteiger partial charge in [0.1, 0.15) is 0 Å². The van der Waals surface area contributed by atoms with Gasteiger partial charge in [0.05, 0.1) is 12.1 Å². The summed E-state index contributed by atoms with van der Waals surface area (Å²) < 4.78 is 5.51. The highest BCUT2D eigenvalue weighted by Crippen LogP contribution is 2.15. The maximum absolute atomic E-state index is 11.6. The van der Waals surface area contributed by atoms with Crippen molar-refractivity contribution in [2.24, 2.45) is 11.7 Å². The van der Waals surface area contributed by atoms with Crippen molar-refractivity contribution >= 4 is 5.91 Å².